The van der Waals surface area contributed by atoms with Crippen LogP contribution in [-0.2, 0) is 20.9 Å². The van der Waals surface area contributed by atoms with Crippen LogP contribution in [0.15, 0.2) is 36.5 Å². The molecule has 1 aromatic heterocycles. The summed E-state index contributed by atoms with van der Waals surface area (Å²) in [7, 11) is 0. The maximum Gasteiger partial charge on any atom is 0.490 e. The van der Waals surface area contributed by atoms with Crippen molar-refractivity contribution >= 4 is 11.9 Å². The van der Waals surface area contributed by atoms with Gasteiger partial charge in [0.05, 0.1) is 13.2 Å². The predicted molar refractivity (Wildman–Crippen MR) is 97.5 cm³/mol. The molecular formula is C18H19F6N3O5. The Morgan fingerprint density at radius 3 is 1.88 bits per heavy atom. The lowest BCUT2D eigenvalue weighted by atomic mass is 10.2. The number of alkyl halides is 6. The molecule has 0 atom stereocenters. The lowest BCUT2D eigenvalue weighted by Gasteiger charge is -2.25. The van der Waals surface area contributed by atoms with E-state index in [9.17, 15) is 26.3 Å². The van der Waals surface area contributed by atoms with Crippen molar-refractivity contribution < 1.29 is 50.9 Å². The van der Waals surface area contributed by atoms with Crippen LogP contribution in [0.25, 0.3) is 11.4 Å². The zero-order valence-corrected chi connectivity index (χ0v) is 16.3. The van der Waals surface area contributed by atoms with Crippen LogP contribution >= 0.6 is 0 Å². The van der Waals surface area contributed by atoms with Crippen molar-refractivity contribution in [3.05, 3.63) is 42.2 Å². The standard InChI is InChI=1S/C14H17N3O.2C2HF3O2/c1-2-4-12(5-3-1)14-15-10-13(16-14)11-17-6-8-18-9-7-17;2*3-2(4,5)1(6)7/h1-5,10H,6-9,11H2,(H,15,16);2*(H,6,7). The van der Waals surface area contributed by atoms with Crippen LogP contribution in [0, 0.1) is 0 Å². The summed E-state index contributed by atoms with van der Waals surface area (Å²) in [6.07, 6.45) is -8.24. The summed E-state index contributed by atoms with van der Waals surface area (Å²) in [6.45, 7) is 4.59. The van der Waals surface area contributed by atoms with E-state index in [2.05, 4.69) is 27.0 Å². The summed E-state index contributed by atoms with van der Waals surface area (Å²) >= 11 is 0. The molecule has 1 saturated heterocycles. The molecule has 0 amide bonds. The van der Waals surface area contributed by atoms with Crippen LogP contribution in [0.4, 0.5) is 26.3 Å². The summed E-state index contributed by atoms with van der Waals surface area (Å²) in [5, 5.41) is 14.2. The fourth-order valence-corrected chi connectivity index (χ4v) is 2.18. The molecule has 0 unspecified atom stereocenters. The second kappa shape index (κ2) is 12.0. The maximum atomic E-state index is 10.6. The largest absolute Gasteiger partial charge is 0.490 e. The van der Waals surface area contributed by atoms with Gasteiger partial charge in [-0.15, -0.1) is 0 Å². The molecule has 0 spiro atoms. The number of aliphatic carboxylic acids is 2. The molecule has 0 bridgehead atoms. The smallest absolute Gasteiger partial charge is 0.475 e. The van der Waals surface area contributed by atoms with Gasteiger partial charge in [-0.2, -0.15) is 26.3 Å². The molecule has 3 N–H and O–H groups in total. The summed E-state index contributed by atoms with van der Waals surface area (Å²) in [5.41, 5.74) is 2.29. The highest BCUT2D eigenvalue weighted by Gasteiger charge is 2.38. The second-order valence-electron chi connectivity index (χ2n) is 6.12. The molecule has 14 heteroatoms. The fourth-order valence-electron chi connectivity index (χ4n) is 2.18. The number of morpholine rings is 1. The SMILES string of the molecule is O=C(O)C(F)(F)F.O=C(O)C(F)(F)F.c1ccc(-c2ncc(CN3CCOCC3)[nH]2)cc1. The molecule has 0 saturated carbocycles. The van der Waals surface area contributed by atoms with E-state index in [1.54, 1.807) is 0 Å². The van der Waals surface area contributed by atoms with Crippen molar-refractivity contribution in [2.75, 3.05) is 26.3 Å². The van der Waals surface area contributed by atoms with Crippen molar-refractivity contribution in [3.8, 4) is 11.4 Å². The van der Waals surface area contributed by atoms with Crippen LogP contribution in [-0.4, -0.2) is 75.7 Å². The summed E-state index contributed by atoms with van der Waals surface area (Å²) in [5.74, 6) is -4.57. The normalized spacial score (nSPS) is 14.4. The number of carbonyl (C=O) groups is 2. The molecule has 1 aliphatic heterocycles. The van der Waals surface area contributed by atoms with Crippen LogP contribution in [0.1, 0.15) is 5.69 Å². The van der Waals surface area contributed by atoms with E-state index >= 15 is 0 Å². The molecule has 3 rings (SSSR count). The van der Waals surface area contributed by atoms with E-state index in [0.717, 1.165) is 49.9 Å². The maximum absolute atomic E-state index is 10.6. The predicted octanol–water partition coefficient (Wildman–Crippen LogP) is 3.18. The van der Waals surface area contributed by atoms with E-state index in [1.807, 2.05) is 24.4 Å². The number of imidazole rings is 1. The Labute approximate surface area is 177 Å². The monoisotopic (exact) mass is 471 g/mol. The Balaban J connectivity index is 0.000000305. The van der Waals surface area contributed by atoms with Crippen molar-refractivity contribution in [3.63, 3.8) is 0 Å². The molecule has 0 aliphatic carbocycles. The summed E-state index contributed by atoms with van der Waals surface area (Å²) in [6, 6.07) is 10.2. The number of hydrogen-bond donors (Lipinski definition) is 3. The third-order valence-corrected chi connectivity index (χ3v) is 3.66. The van der Waals surface area contributed by atoms with E-state index < -0.39 is 24.3 Å². The Hall–Kier alpha value is -3.13. The first-order chi connectivity index (χ1) is 14.8. The van der Waals surface area contributed by atoms with Gasteiger partial charge in [0, 0.05) is 37.1 Å². The highest BCUT2D eigenvalue weighted by Crippen LogP contribution is 2.16. The topological polar surface area (TPSA) is 116 Å². The fraction of sp³-hybridized carbons (Fsp3) is 0.389. The van der Waals surface area contributed by atoms with Gasteiger partial charge < -0.3 is 19.9 Å². The first-order valence-corrected chi connectivity index (χ1v) is 8.80. The summed E-state index contributed by atoms with van der Waals surface area (Å²) in [4.78, 5) is 28.0. The van der Waals surface area contributed by atoms with Gasteiger partial charge in [0.15, 0.2) is 0 Å². The van der Waals surface area contributed by atoms with Gasteiger partial charge in [0.1, 0.15) is 5.82 Å². The lowest BCUT2D eigenvalue weighted by Crippen LogP contribution is -2.35. The number of aromatic nitrogens is 2. The minimum absolute atomic E-state index is 0.833. The lowest BCUT2D eigenvalue weighted by molar-refractivity contribution is -0.193. The van der Waals surface area contributed by atoms with Crippen LogP contribution in [0.5, 0.6) is 0 Å². The first kappa shape index (κ1) is 26.9. The van der Waals surface area contributed by atoms with Crippen LogP contribution in [0.2, 0.25) is 0 Å². The zero-order valence-electron chi connectivity index (χ0n) is 16.3. The molecule has 1 aliphatic rings. The van der Waals surface area contributed by atoms with Crippen molar-refractivity contribution in [2.24, 2.45) is 0 Å². The molecule has 2 aromatic rings. The number of carboxylic acids is 2. The van der Waals surface area contributed by atoms with E-state index in [0.29, 0.717) is 0 Å². The number of aromatic amines is 1. The Morgan fingerprint density at radius 2 is 1.44 bits per heavy atom. The minimum atomic E-state index is -5.08. The number of carboxylic acid groups (broad SMARTS) is 2. The third-order valence-electron chi connectivity index (χ3n) is 3.66. The number of hydrogen-bond acceptors (Lipinski definition) is 5. The van der Waals surface area contributed by atoms with Gasteiger partial charge in [-0.3, -0.25) is 4.90 Å². The molecule has 178 valence electrons. The Bertz CT molecular complexity index is 825. The molecule has 2 heterocycles. The van der Waals surface area contributed by atoms with Crippen molar-refractivity contribution in [1.29, 1.82) is 0 Å². The number of ether oxygens (including phenoxy) is 1. The Kier molecular flexibility index (Phi) is 10.1. The molecule has 1 fully saturated rings. The zero-order chi connectivity index (χ0) is 24.4. The second-order valence-corrected chi connectivity index (χ2v) is 6.12. The van der Waals surface area contributed by atoms with E-state index in [4.69, 9.17) is 24.5 Å². The van der Waals surface area contributed by atoms with Gasteiger partial charge in [0.25, 0.3) is 0 Å². The van der Waals surface area contributed by atoms with Crippen molar-refractivity contribution in [1.82, 2.24) is 14.9 Å². The molecule has 32 heavy (non-hydrogen) atoms. The molecule has 0 radical (unpaired) electrons. The Morgan fingerprint density at radius 1 is 0.969 bits per heavy atom. The van der Waals surface area contributed by atoms with E-state index in [1.165, 1.54) is 0 Å². The highest BCUT2D eigenvalue weighted by molar-refractivity contribution is 5.73. The van der Waals surface area contributed by atoms with Crippen LogP contribution < -0.4 is 0 Å². The number of H-pyrrole nitrogens is 1. The minimum Gasteiger partial charge on any atom is -0.475 e. The molecule has 8 nitrogen and oxygen atoms in total. The average Bonchev–Trinajstić information content (AvgIpc) is 3.17. The number of halogens is 6. The van der Waals surface area contributed by atoms with Gasteiger partial charge in [-0.25, -0.2) is 14.6 Å². The van der Waals surface area contributed by atoms with Crippen LogP contribution in [0.3, 0.4) is 0 Å². The van der Waals surface area contributed by atoms with Gasteiger partial charge in [-0.1, -0.05) is 30.3 Å². The first-order valence-electron chi connectivity index (χ1n) is 8.80. The van der Waals surface area contributed by atoms with Gasteiger partial charge in [-0.05, 0) is 0 Å². The average molecular weight is 471 g/mol. The van der Waals surface area contributed by atoms with E-state index in [-0.39, 0.29) is 0 Å². The number of benzene rings is 1. The number of nitrogens with one attached hydrogen (secondary N) is 1. The molecular weight excluding hydrogens is 452 g/mol. The number of rotatable bonds is 3. The van der Waals surface area contributed by atoms with Gasteiger partial charge in [0.2, 0.25) is 0 Å². The van der Waals surface area contributed by atoms with Crippen molar-refractivity contribution in [2.45, 2.75) is 18.9 Å². The number of nitrogens with zero attached hydrogens (tertiary/aromatic N) is 2. The highest BCUT2D eigenvalue weighted by atomic mass is 19.4. The third kappa shape index (κ3) is 10.3. The molecule has 1 aromatic carbocycles. The summed E-state index contributed by atoms with van der Waals surface area (Å²) < 4.78 is 68.8. The van der Waals surface area contributed by atoms with Gasteiger partial charge >= 0.3 is 24.3 Å². The quantitative estimate of drug-likeness (QED) is 0.589.